The van der Waals surface area contributed by atoms with Crippen molar-refractivity contribution in [2.45, 2.75) is 6.42 Å². The van der Waals surface area contributed by atoms with Crippen molar-refractivity contribution >= 4 is 52.2 Å². The molecule has 0 aliphatic carbocycles. The van der Waals surface area contributed by atoms with Crippen LogP contribution < -0.4 is 5.32 Å². The van der Waals surface area contributed by atoms with E-state index in [1.54, 1.807) is 16.8 Å². The van der Waals surface area contributed by atoms with Gasteiger partial charge in [-0.2, -0.15) is 5.10 Å². The highest BCUT2D eigenvalue weighted by atomic mass is 35.5. The molecule has 1 aliphatic heterocycles. The van der Waals surface area contributed by atoms with Gasteiger partial charge in [-0.1, -0.05) is 52.5 Å². The molecule has 1 aliphatic rings. The molecule has 0 spiro atoms. The maximum Gasteiger partial charge on any atom is 0.133 e. The third kappa shape index (κ3) is 2.56. The van der Waals surface area contributed by atoms with Crippen LogP contribution >= 0.6 is 46.4 Å². The molecule has 0 atom stereocenters. The molecule has 0 amide bonds. The predicted octanol–water partition coefficient (Wildman–Crippen LogP) is 6.12. The van der Waals surface area contributed by atoms with Crippen LogP contribution in [-0.4, -0.2) is 16.3 Å². The summed E-state index contributed by atoms with van der Waals surface area (Å²) in [6.45, 7) is 0.837. The fourth-order valence-corrected chi connectivity index (χ4v) is 3.78. The number of rotatable bonds is 2. The molecule has 2 heterocycles. The molecule has 24 heavy (non-hydrogen) atoms. The smallest absolute Gasteiger partial charge is 0.133 e. The third-order valence-electron chi connectivity index (χ3n) is 4.00. The average molecular weight is 399 g/mol. The molecule has 0 radical (unpaired) electrons. The van der Waals surface area contributed by atoms with Crippen LogP contribution in [0.25, 0.3) is 16.9 Å². The van der Waals surface area contributed by atoms with Gasteiger partial charge in [0.2, 0.25) is 0 Å². The summed E-state index contributed by atoms with van der Waals surface area (Å²) in [6, 6.07) is 10.9. The highest BCUT2D eigenvalue weighted by Crippen LogP contribution is 2.40. The Balaban J connectivity index is 1.94. The van der Waals surface area contributed by atoms with E-state index in [1.165, 1.54) is 0 Å². The molecule has 0 saturated carbocycles. The average Bonchev–Trinajstić information content (AvgIpc) is 3.13. The first-order valence-corrected chi connectivity index (χ1v) is 8.83. The quantitative estimate of drug-likeness (QED) is 0.563. The first-order valence-electron chi connectivity index (χ1n) is 7.32. The van der Waals surface area contributed by atoms with Crippen LogP contribution in [0.15, 0.2) is 36.4 Å². The van der Waals surface area contributed by atoms with Crippen LogP contribution in [0.5, 0.6) is 0 Å². The Kier molecular flexibility index (Phi) is 4.13. The van der Waals surface area contributed by atoms with E-state index >= 15 is 0 Å². The second-order valence-electron chi connectivity index (χ2n) is 5.46. The summed E-state index contributed by atoms with van der Waals surface area (Å²) in [5.41, 5.74) is 3.51. The number of hydrogen-bond donors (Lipinski definition) is 1. The molecule has 4 rings (SSSR count). The Labute approximate surface area is 159 Å². The van der Waals surface area contributed by atoms with Gasteiger partial charge in [0, 0.05) is 22.7 Å². The molecule has 0 saturated heterocycles. The van der Waals surface area contributed by atoms with E-state index < -0.39 is 0 Å². The molecule has 122 valence electrons. The molecular formula is C17H11Cl4N3. The van der Waals surface area contributed by atoms with Crippen LogP contribution in [0.3, 0.4) is 0 Å². The van der Waals surface area contributed by atoms with Crippen molar-refractivity contribution in [3.8, 4) is 16.9 Å². The molecule has 0 unspecified atom stereocenters. The standard InChI is InChI=1S/C17H11Cl4N3/c18-9-4-5-10(13(20)8-9)16-11-6-7-22-17(11)24(23-16)14-3-1-2-12(19)15(14)21/h1-5,8,22H,6-7H2. The molecule has 0 bridgehead atoms. The van der Waals surface area contributed by atoms with Crippen LogP contribution in [0.1, 0.15) is 5.56 Å². The van der Waals surface area contributed by atoms with Gasteiger partial charge < -0.3 is 5.32 Å². The number of aromatic nitrogens is 2. The second kappa shape index (κ2) is 6.16. The normalized spacial score (nSPS) is 13.0. The van der Waals surface area contributed by atoms with Crippen molar-refractivity contribution in [1.29, 1.82) is 0 Å². The van der Waals surface area contributed by atoms with Crippen LogP contribution in [0.4, 0.5) is 5.82 Å². The first kappa shape index (κ1) is 16.1. The second-order valence-corrected chi connectivity index (χ2v) is 7.09. The summed E-state index contributed by atoms with van der Waals surface area (Å²) in [7, 11) is 0. The van der Waals surface area contributed by atoms with E-state index in [0.29, 0.717) is 20.1 Å². The Morgan fingerprint density at radius 1 is 1.00 bits per heavy atom. The zero-order chi connectivity index (χ0) is 16.8. The van der Waals surface area contributed by atoms with E-state index in [-0.39, 0.29) is 0 Å². The Morgan fingerprint density at radius 3 is 2.62 bits per heavy atom. The largest absolute Gasteiger partial charge is 0.369 e. The number of nitrogens with one attached hydrogen (secondary N) is 1. The van der Waals surface area contributed by atoms with Gasteiger partial charge in [0.15, 0.2) is 0 Å². The molecule has 3 aromatic rings. The maximum absolute atomic E-state index is 6.38. The first-order chi connectivity index (χ1) is 11.6. The van der Waals surface area contributed by atoms with Crippen molar-refractivity contribution in [3.63, 3.8) is 0 Å². The van der Waals surface area contributed by atoms with Crippen LogP contribution in [0.2, 0.25) is 20.1 Å². The minimum absolute atomic E-state index is 0.465. The van der Waals surface area contributed by atoms with Crippen molar-refractivity contribution in [2.24, 2.45) is 0 Å². The number of anilines is 1. The van der Waals surface area contributed by atoms with Crippen LogP contribution in [0, 0.1) is 0 Å². The lowest BCUT2D eigenvalue weighted by atomic mass is 10.1. The van der Waals surface area contributed by atoms with Crippen molar-refractivity contribution in [1.82, 2.24) is 9.78 Å². The minimum atomic E-state index is 0.465. The van der Waals surface area contributed by atoms with Crippen molar-refractivity contribution in [3.05, 3.63) is 62.1 Å². The highest BCUT2D eigenvalue weighted by Gasteiger charge is 2.26. The fraction of sp³-hybridized carbons (Fsp3) is 0.118. The molecule has 1 aromatic heterocycles. The van der Waals surface area contributed by atoms with Crippen molar-refractivity contribution < 1.29 is 0 Å². The summed E-state index contributed by atoms with van der Waals surface area (Å²) in [5.74, 6) is 0.917. The maximum atomic E-state index is 6.38. The molecule has 2 aromatic carbocycles. The van der Waals surface area contributed by atoms with E-state index in [4.69, 9.17) is 51.5 Å². The van der Waals surface area contributed by atoms with Gasteiger partial charge in [0.1, 0.15) is 5.82 Å². The summed E-state index contributed by atoms with van der Waals surface area (Å²) >= 11 is 24.9. The third-order valence-corrected chi connectivity index (χ3v) is 5.35. The van der Waals surface area contributed by atoms with E-state index in [1.807, 2.05) is 24.3 Å². The lowest BCUT2D eigenvalue weighted by Gasteiger charge is -2.09. The number of halogens is 4. The molecule has 0 fully saturated rings. The summed E-state index contributed by atoms with van der Waals surface area (Å²) < 4.78 is 1.79. The van der Waals surface area contributed by atoms with E-state index in [9.17, 15) is 0 Å². The molecule has 7 heteroatoms. The van der Waals surface area contributed by atoms with Gasteiger partial charge in [-0.05, 0) is 36.8 Å². The Hall–Kier alpha value is -1.39. The lowest BCUT2D eigenvalue weighted by Crippen LogP contribution is -2.05. The van der Waals surface area contributed by atoms with Gasteiger partial charge in [0.25, 0.3) is 0 Å². The number of hydrogen-bond acceptors (Lipinski definition) is 2. The van der Waals surface area contributed by atoms with Gasteiger partial charge >= 0.3 is 0 Å². The van der Waals surface area contributed by atoms with Gasteiger partial charge in [-0.15, -0.1) is 0 Å². The topological polar surface area (TPSA) is 29.9 Å². The van der Waals surface area contributed by atoms with Crippen molar-refractivity contribution in [2.75, 3.05) is 11.9 Å². The summed E-state index contributed by atoms with van der Waals surface area (Å²) in [4.78, 5) is 0. The monoisotopic (exact) mass is 397 g/mol. The SMILES string of the molecule is Clc1ccc(-c2nn(-c3cccc(Cl)c3Cl)c3c2CCN3)c(Cl)c1. The minimum Gasteiger partial charge on any atom is -0.369 e. The number of benzene rings is 2. The van der Waals surface area contributed by atoms with Crippen LogP contribution in [-0.2, 0) is 6.42 Å². The lowest BCUT2D eigenvalue weighted by molar-refractivity contribution is 0.883. The summed E-state index contributed by atoms with van der Waals surface area (Å²) in [6.07, 6.45) is 0.863. The van der Waals surface area contributed by atoms with Gasteiger partial charge in [-0.3, -0.25) is 0 Å². The predicted molar refractivity (Wildman–Crippen MR) is 101 cm³/mol. The zero-order valence-electron chi connectivity index (χ0n) is 12.3. The number of nitrogens with zero attached hydrogens (tertiary/aromatic N) is 2. The van der Waals surface area contributed by atoms with E-state index in [2.05, 4.69) is 5.32 Å². The molecule has 1 N–H and O–H groups in total. The van der Waals surface area contributed by atoms with Gasteiger partial charge in [-0.25, -0.2) is 4.68 Å². The van der Waals surface area contributed by atoms with Gasteiger partial charge in [0.05, 0.1) is 26.4 Å². The molecule has 3 nitrogen and oxygen atoms in total. The highest BCUT2D eigenvalue weighted by molar-refractivity contribution is 6.43. The number of fused-ring (bicyclic) bond motifs is 1. The Morgan fingerprint density at radius 2 is 1.83 bits per heavy atom. The fourth-order valence-electron chi connectivity index (χ4n) is 2.90. The van der Waals surface area contributed by atoms with E-state index in [0.717, 1.165) is 41.3 Å². The zero-order valence-corrected chi connectivity index (χ0v) is 15.3. The Bertz CT molecular complexity index is 949. The molecular weight excluding hydrogens is 388 g/mol. The summed E-state index contributed by atoms with van der Waals surface area (Å²) in [5, 5.41) is 10.2.